The number of hydrogen-bond acceptors (Lipinski definition) is 4. The summed E-state index contributed by atoms with van der Waals surface area (Å²) in [6.07, 6.45) is 0.336. The molecule has 1 saturated heterocycles. The van der Waals surface area contributed by atoms with Crippen molar-refractivity contribution in [2.75, 3.05) is 12.0 Å². The van der Waals surface area contributed by atoms with Crippen molar-refractivity contribution in [3.63, 3.8) is 0 Å². The number of fused-ring (bicyclic) bond motifs is 4. The molecule has 2 aliphatic rings. The molecule has 4 aromatic rings. The van der Waals surface area contributed by atoms with Crippen LogP contribution in [-0.2, 0) is 11.2 Å². The number of anilines is 1. The first-order valence-electron chi connectivity index (χ1n) is 11.2. The number of amides is 3. The number of imide groups is 1. The standard InChI is InChI=1S/C27H21N3O5/c1-35-16-12-10-15(11-13-16)24-23-19(17-6-2-4-8-20(17)28-23)14-22-25(31)30(27(34)29(22)24)21-9-5-3-7-18(21)26(32)33/h2-13,22,24,28H,14H2,1H3,(H,32,33)/t22-,24?/m0/s1. The van der Waals surface area contributed by atoms with Crippen LogP contribution in [0.25, 0.3) is 10.9 Å². The third kappa shape index (κ3) is 3.03. The number of aromatic carboxylic acids is 1. The molecule has 2 N–H and O–H groups in total. The zero-order valence-electron chi connectivity index (χ0n) is 18.8. The van der Waals surface area contributed by atoms with Crippen LogP contribution in [0, 0.1) is 0 Å². The van der Waals surface area contributed by atoms with E-state index in [1.54, 1.807) is 24.1 Å². The minimum atomic E-state index is -1.20. The number of urea groups is 1. The van der Waals surface area contributed by atoms with E-state index < -0.39 is 30.0 Å². The van der Waals surface area contributed by atoms with Crippen molar-refractivity contribution in [1.82, 2.24) is 9.88 Å². The van der Waals surface area contributed by atoms with Gasteiger partial charge in [0.2, 0.25) is 0 Å². The number of benzene rings is 3. The molecule has 174 valence electrons. The minimum absolute atomic E-state index is 0.0754. The fraction of sp³-hybridized carbons (Fsp3) is 0.148. The Balaban J connectivity index is 1.54. The highest BCUT2D eigenvalue weighted by atomic mass is 16.5. The Kier molecular flexibility index (Phi) is 4.63. The first-order chi connectivity index (χ1) is 17.0. The molecule has 1 fully saturated rings. The number of nitrogens with zero attached hydrogens (tertiary/aromatic N) is 2. The molecular formula is C27H21N3O5. The summed E-state index contributed by atoms with van der Waals surface area (Å²) in [5.41, 5.74) is 3.56. The van der Waals surface area contributed by atoms with Crippen LogP contribution < -0.4 is 9.64 Å². The molecular weight excluding hydrogens is 446 g/mol. The Bertz CT molecular complexity index is 1510. The molecule has 0 saturated carbocycles. The first kappa shape index (κ1) is 21.0. The van der Waals surface area contributed by atoms with Crippen LogP contribution in [0.2, 0.25) is 0 Å². The molecule has 0 bridgehead atoms. The maximum Gasteiger partial charge on any atom is 0.337 e. The van der Waals surface area contributed by atoms with Crippen molar-refractivity contribution in [2.45, 2.75) is 18.5 Å². The van der Waals surface area contributed by atoms with Gasteiger partial charge in [0.1, 0.15) is 17.8 Å². The molecule has 1 aromatic heterocycles. The lowest BCUT2D eigenvalue weighted by Crippen LogP contribution is -2.44. The van der Waals surface area contributed by atoms with E-state index in [1.807, 2.05) is 48.5 Å². The van der Waals surface area contributed by atoms with E-state index in [4.69, 9.17) is 4.74 Å². The SMILES string of the molecule is COc1ccc(C2c3[nH]c4ccccc4c3C[C@H]3C(=O)N(c4ccccc4C(=O)O)C(=O)N23)cc1. The van der Waals surface area contributed by atoms with E-state index in [-0.39, 0.29) is 11.3 Å². The Morgan fingerprint density at radius 1 is 1.00 bits per heavy atom. The number of carbonyl (C=O) groups excluding carboxylic acids is 2. The topological polar surface area (TPSA) is 103 Å². The number of aromatic nitrogens is 1. The van der Waals surface area contributed by atoms with Gasteiger partial charge in [-0.3, -0.25) is 9.69 Å². The summed E-state index contributed by atoms with van der Waals surface area (Å²) in [4.78, 5) is 45.5. The molecule has 0 aliphatic carbocycles. The van der Waals surface area contributed by atoms with Crippen LogP contribution in [0.5, 0.6) is 5.75 Å². The summed E-state index contributed by atoms with van der Waals surface area (Å²) in [7, 11) is 1.59. The van der Waals surface area contributed by atoms with E-state index in [0.29, 0.717) is 12.2 Å². The maximum absolute atomic E-state index is 13.9. The van der Waals surface area contributed by atoms with Gasteiger partial charge >= 0.3 is 12.0 Å². The van der Waals surface area contributed by atoms with Gasteiger partial charge in [-0.2, -0.15) is 0 Å². The van der Waals surface area contributed by atoms with Crippen LogP contribution in [0.4, 0.5) is 10.5 Å². The van der Waals surface area contributed by atoms with Gasteiger partial charge in [0.15, 0.2) is 0 Å². The van der Waals surface area contributed by atoms with Crippen molar-refractivity contribution in [2.24, 2.45) is 0 Å². The molecule has 8 heteroatoms. The number of carboxylic acids is 1. The third-order valence-electron chi connectivity index (χ3n) is 6.86. The van der Waals surface area contributed by atoms with Gasteiger partial charge in [0.05, 0.1) is 18.4 Å². The van der Waals surface area contributed by atoms with E-state index in [9.17, 15) is 19.5 Å². The average Bonchev–Trinajstić information content (AvgIpc) is 3.37. The second kappa shape index (κ2) is 7.73. The van der Waals surface area contributed by atoms with Crippen LogP contribution in [0.1, 0.15) is 33.2 Å². The molecule has 0 radical (unpaired) electrons. The molecule has 2 atom stereocenters. The first-order valence-corrected chi connectivity index (χ1v) is 11.2. The highest BCUT2D eigenvalue weighted by Crippen LogP contribution is 2.45. The highest BCUT2D eigenvalue weighted by molar-refractivity contribution is 6.23. The maximum atomic E-state index is 13.9. The summed E-state index contributed by atoms with van der Waals surface area (Å²) < 4.78 is 5.30. The van der Waals surface area contributed by atoms with Gasteiger partial charge in [0, 0.05) is 23.0 Å². The van der Waals surface area contributed by atoms with Gasteiger partial charge in [-0.15, -0.1) is 0 Å². The molecule has 6 rings (SSSR count). The van der Waals surface area contributed by atoms with Crippen molar-refractivity contribution in [3.8, 4) is 5.75 Å². The molecule has 35 heavy (non-hydrogen) atoms. The lowest BCUT2D eigenvalue weighted by Gasteiger charge is -2.36. The number of aromatic amines is 1. The third-order valence-corrected chi connectivity index (χ3v) is 6.86. The summed E-state index contributed by atoms with van der Waals surface area (Å²) >= 11 is 0. The predicted octanol–water partition coefficient (Wildman–Crippen LogP) is 4.36. The number of nitrogens with one attached hydrogen (secondary N) is 1. The average molecular weight is 467 g/mol. The van der Waals surface area contributed by atoms with E-state index in [1.165, 1.54) is 12.1 Å². The molecule has 3 aromatic carbocycles. The van der Waals surface area contributed by atoms with Crippen molar-refractivity contribution in [1.29, 1.82) is 0 Å². The summed E-state index contributed by atoms with van der Waals surface area (Å²) in [6.45, 7) is 0. The second-order valence-corrected chi connectivity index (χ2v) is 8.64. The Morgan fingerprint density at radius 3 is 2.46 bits per heavy atom. The normalized spacial score (nSPS) is 19.1. The molecule has 3 amide bonds. The lowest BCUT2D eigenvalue weighted by atomic mass is 9.89. The van der Waals surface area contributed by atoms with E-state index in [2.05, 4.69) is 4.98 Å². The Morgan fingerprint density at radius 2 is 1.71 bits per heavy atom. The smallest absolute Gasteiger partial charge is 0.337 e. The largest absolute Gasteiger partial charge is 0.497 e. The van der Waals surface area contributed by atoms with E-state index in [0.717, 1.165) is 32.6 Å². The quantitative estimate of drug-likeness (QED) is 0.434. The minimum Gasteiger partial charge on any atom is -0.497 e. The van der Waals surface area contributed by atoms with E-state index >= 15 is 0 Å². The van der Waals surface area contributed by atoms with Gasteiger partial charge in [-0.1, -0.05) is 42.5 Å². The predicted molar refractivity (Wildman–Crippen MR) is 129 cm³/mol. The molecule has 2 aliphatic heterocycles. The summed E-state index contributed by atoms with van der Waals surface area (Å²) in [5, 5.41) is 10.7. The fourth-order valence-electron chi connectivity index (χ4n) is 5.28. The molecule has 1 unspecified atom stereocenters. The van der Waals surface area contributed by atoms with Gasteiger partial charge in [-0.25, -0.2) is 14.5 Å². The number of carboxylic acid groups (broad SMARTS) is 1. The number of H-pyrrole nitrogens is 1. The fourth-order valence-corrected chi connectivity index (χ4v) is 5.28. The number of carbonyl (C=O) groups is 3. The molecule has 0 spiro atoms. The molecule has 3 heterocycles. The lowest BCUT2D eigenvalue weighted by molar-refractivity contribution is -0.120. The van der Waals surface area contributed by atoms with Crippen LogP contribution in [-0.4, -0.2) is 46.0 Å². The summed E-state index contributed by atoms with van der Waals surface area (Å²) in [6, 6.07) is 19.5. The number of rotatable bonds is 4. The zero-order chi connectivity index (χ0) is 24.3. The second-order valence-electron chi connectivity index (χ2n) is 8.64. The summed E-state index contributed by atoms with van der Waals surface area (Å²) in [5.74, 6) is -0.953. The van der Waals surface area contributed by atoms with Crippen molar-refractivity contribution in [3.05, 3.63) is 95.2 Å². The van der Waals surface area contributed by atoms with Gasteiger partial charge in [0.25, 0.3) is 5.91 Å². The van der Waals surface area contributed by atoms with Gasteiger partial charge < -0.3 is 14.8 Å². The van der Waals surface area contributed by atoms with Crippen molar-refractivity contribution < 1.29 is 24.2 Å². The van der Waals surface area contributed by atoms with Gasteiger partial charge in [-0.05, 0) is 41.5 Å². The number of ether oxygens (including phenoxy) is 1. The Hall–Kier alpha value is -4.59. The monoisotopic (exact) mass is 467 g/mol. The van der Waals surface area contributed by atoms with Crippen LogP contribution >= 0.6 is 0 Å². The number of hydrogen-bond donors (Lipinski definition) is 2. The molecule has 8 nitrogen and oxygen atoms in total. The van der Waals surface area contributed by atoms with Crippen molar-refractivity contribution >= 4 is 34.5 Å². The number of methoxy groups -OCH3 is 1. The number of para-hydroxylation sites is 2. The zero-order valence-corrected chi connectivity index (χ0v) is 18.8. The van der Waals surface area contributed by atoms with Crippen LogP contribution in [0.15, 0.2) is 72.8 Å². The van der Waals surface area contributed by atoms with Crippen LogP contribution in [0.3, 0.4) is 0 Å². The highest BCUT2D eigenvalue weighted by Gasteiger charge is 2.53. The Labute approximate surface area is 200 Å².